The van der Waals surface area contributed by atoms with E-state index in [2.05, 4.69) is 14.6 Å². The summed E-state index contributed by atoms with van der Waals surface area (Å²) >= 11 is 5.85. The van der Waals surface area contributed by atoms with E-state index >= 15 is 0 Å². The van der Waals surface area contributed by atoms with Gasteiger partial charge in [0.1, 0.15) is 4.90 Å². The lowest BCUT2D eigenvalue weighted by Crippen LogP contribution is -2.53. The number of halogens is 1. The third-order valence-electron chi connectivity index (χ3n) is 4.27. The van der Waals surface area contributed by atoms with E-state index in [-0.39, 0.29) is 4.90 Å². The van der Waals surface area contributed by atoms with Crippen molar-refractivity contribution in [1.29, 1.82) is 0 Å². The molecule has 166 valence electrons. The zero-order valence-corrected chi connectivity index (χ0v) is 17.3. The second kappa shape index (κ2) is 9.57. The van der Waals surface area contributed by atoms with Gasteiger partial charge >= 0.3 is 11.9 Å². The highest BCUT2D eigenvalue weighted by Crippen LogP contribution is 2.30. The monoisotopic (exact) mass is 464 g/mol. The number of benzene rings is 1. The first-order chi connectivity index (χ1) is 13.9. The first kappa shape index (κ1) is 23.8. The minimum absolute atomic E-state index is 0.128. The van der Waals surface area contributed by atoms with E-state index < -0.39 is 34.2 Å². The number of carbonyl (C=O) groups is 2. The molecule has 0 saturated carbocycles. The summed E-state index contributed by atoms with van der Waals surface area (Å²) in [7, 11) is -1.55. The number of aliphatic carboxylic acids is 2. The van der Waals surface area contributed by atoms with Gasteiger partial charge in [0.15, 0.2) is 12.2 Å². The Morgan fingerprint density at radius 2 is 1.63 bits per heavy atom. The van der Waals surface area contributed by atoms with Gasteiger partial charge < -0.3 is 30.2 Å². The third kappa shape index (κ3) is 5.79. The predicted molar refractivity (Wildman–Crippen MR) is 105 cm³/mol. The molecule has 12 nitrogen and oxygen atoms in total. The first-order valence-electron chi connectivity index (χ1n) is 8.58. The molecule has 0 aromatic heterocycles. The van der Waals surface area contributed by atoms with Crippen molar-refractivity contribution in [1.82, 2.24) is 14.5 Å². The van der Waals surface area contributed by atoms with Crippen molar-refractivity contribution in [2.24, 2.45) is 4.99 Å². The fraction of sp³-hybridized carbons (Fsp3) is 0.438. The second-order valence-corrected chi connectivity index (χ2v) is 8.60. The van der Waals surface area contributed by atoms with Crippen molar-refractivity contribution < 1.29 is 38.4 Å². The van der Waals surface area contributed by atoms with Crippen molar-refractivity contribution in [2.75, 3.05) is 33.2 Å². The Morgan fingerprint density at radius 3 is 2.13 bits per heavy atom. The third-order valence-corrected chi connectivity index (χ3v) is 5.86. The molecule has 5 N–H and O–H groups in total. The van der Waals surface area contributed by atoms with Crippen LogP contribution in [0.2, 0.25) is 5.02 Å². The Bertz CT molecular complexity index is 929. The number of hydrogen-bond acceptors (Lipinski definition) is 9. The number of rotatable bonds is 3. The molecule has 0 spiro atoms. The number of aliphatic hydroxyl groups excluding tert-OH is 2. The molecule has 2 aliphatic rings. The number of nitrogens with zero attached hydrogens (tertiary/aromatic N) is 3. The van der Waals surface area contributed by atoms with E-state index in [1.165, 1.54) is 6.07 Å². The SMILES string of the molecule is CN1CCN(C2=Nc3ccc(Cl)cc3S(=O)(=O)N2)CC1.O=C(O)C(O)C(O)C(=O)O. The van der Waals surface area contributed by atoms with E-state index in [9.17, 15) is 18.0 Å². The Hall–Kier alpha value is -2.45. The van der Waals surface area contributed by atoms with Crippen LogP contribution in [0.15, 0.2) is 28.1 Å². The topological polar surface area (TPSA) is 180 Å². The molecule has 1 fully saturated rings. The quantitative estimate of drug-likeness (QED) is 0.362. The summed E-state index contributed by atoms with van der Waals surface area (Å²) in [6.07, 6.45) is -4.53. The van der Waals surface area contributed by atoms with Crippen molar-refractivity contribution in [3.63, 3.8) is 0 Å². The molecule has 0 aliphatic carbocycles. The molecular weight excluding hydrogens is 444 g/mol. The highest BCUT2D eigenvalue weighted by molar-refractivity contribution is 7.90. The van der Waals surface area contributed by atoms with E-state index in [1.807, 2.05) is 11.9 Å². The van der Waals surface area contributed by atoms with Crippen LogP contribution in [0.4, 0.5) is 5.69 Å². The molecule has 2 unspecified atom stereocenters. The zero-order valence-electron chi connectivity index (χ0n) is 15.8. The molecule has 30 heavy (non-hydrogen) atoms. The van der Waals surface area contributed by atoms with E-state index in [0.29, 0.717) is 16.7 Å². The van der Waals surface area contributed by atoms with Crippen molar-refractivity contribution in [2.45, 2.75) is 17.1 Å². The minimum atomic E-state index is -3.60. The molecule has 0 bridgehead atoms. The van der Waals surface area contributed by atoms with Gasteiger partial charge in [-0.2, -0.15) is 0 Å². The number of aliphatic imine (C=N–C) groups is 1. The fourth-order valence-corrected chi connectivity index (χ4v) is 3.96. The zero-order chi connectivity index (χ0) is 22.6. The summed E-state index contributed by atoms with van der Waals surface area (Å²) in [4.78, 5) is 28.2. The number of hydrogen-bond donors (Lipinski definition) is 5. The molecule has 1 aromatic rings. The Morgan fingerprint density at radius 1 is 1.10 bits per heavy atom. The van der Waals surface area contributed by atoms with Crippen LogP contribution < -0.4 is 4.72 Å². The smallest absolute Gasteiger partial charge is 0.335 e. The number of likely N-dealkylation sites (N-methyl/N-ethyl adjacent to an activating group) is 1. The van der Waals surface area contributed by atoms with Gasteiger partial charge in [0.25, 0.3) is 10.0 Å². The number of nitrogens with one attached hydrogen (secondary N) is 1. The molecule has 2 aliphatic heterocycles. The summed E-state index contributed by atoms with van der Waals surface area (Å²) in [5.74, 6) is -3.14. The lowest BCUT2D eigenvalue weighted by molar-refractivity contribution is -0.165. The van der Waals surface area contributed by atoms with Gasteiger partial charge in [0.2, 0.25) is 5.96 Å². The van der Waals surface area contributed by atoms with E-state index in [0.717, 1.165) is 26.2 Å². The van der Waals surface area contributed by atoms with Gasteiger partial charge in [-0.1, -0.05) is 11.6 Å². The largest absolute Gasteiger partial charge is 0.479 e. The number of carboxylic acids is 2. The van der Waals surface area contributed by atoms with Gasteiger partial charge in [-0.15, -0.1) is 0 Å². The second-order valence-electron chi connectivity index (χ2n) is 6.51. The minimum Gasteiger partial charge on any atom is -0.479 e. The van der Waals surface area contributed by atoms with Crippen LogP contribution in [0.5, 0.6) is 0 Å². The molecule has 1 saturated heterocycles. The van der Waals surface area contributed by atoms with Crippen LogP contribution in [0.25, 0.3) is 0 Å². The molecule has 1 aromatic carbocycles. The molecule has 0 radical (unpaired) electrons. The average molecular weight is 465 g/mol. The first-order valence-corrected chi connectivity index (χ1v) is 10.4. The van der Waals surface area contributed by atoms with Crippen LogP contribution in [0.1, 0.15) is 0 Å². The van der Waals surface area contributed by atoms with Gasteiger partial charge in [-0.05, 0) is 25.2 Å². The van der Waals surface area contributed by atoms with Gasteiger partial charge in [0.05, 0.1) is 5.69 Å². The number of sulfonamides is 1. The van der Waals surface area contributed by atoms with Gasteiger partial charge in [-0.25, -0.2) is 27.7 Å². The highest BCUT2D eigenvalue weighted by atomic mass is 35.5. The Kier molecular flexibility index (Phi) is 7.60. The summed E-state index contributed by atoms with van der Waals surface area (Å²) in [5, 5.41) is 32.9. The summed E-state index contributed by atoms with van der Waals surface area (Å²) in [6.45, 7) is 3.27. The summed E-state index contributed by atoms with van der Waals surface area (Å²) in [5.41, 5.74) is 0.432. The van der Waals surface area contributed by atoms with Crippen LogP contribution in [-0.4, -0.2) is 102 Å². The summed E-state index contributed by atoms with van der Waals surface area (Å²) in [6, 6.07) is 4.70. The molecule has 14 heteroatoms. The van der Waals surface area contributed by atoms with Crippen LogP contribution in [-0.2, 0) is 19.6 Å². The normalized spacial score (nSPS) is 19.9. The molecule has 2 heterocycles. The Balaban J connectivity index is 0.000000274. The van der Waals surface area contributed by atoms with Crippen LogP contribution in [0, 0.1) is 0 Å². The molecule has 2 atom stereocenters. The lowest BCUT2D eigenvalue weighted by atomic mass is 10.2. The van der Waals surface area contributed by atoms with E-state index in [4.69, 9.17) is 32.0 Å². The average Bonchev–Trinajstić information content (AvgIpc) is 2.67. The number of carboxylic acid groups (broad SMARTS) is 2. The number of guanidine groups is 1. The maximum Gasteiger partial charge on any atom is 0.335 e. The number of fused-ring (bicyclic) bond motifs is 1. The molecule has 0 amide bonds. The highest BCUT2D eigenvalue weighted by Gasteiger charge is 2.30. The van der Waals surface area contributed by atoms with E-state index in [1.54, 1.807) is 12.1 Å². The van der Waals surface area contributed by atoms with Crippen LogP contribution >= 0.6 is 11.6 Å². The standard InChI is InChI=1S/C12H15ClN4O2S.C4H6O6/c1-16-4-6-17(7-5-16)12-14-10-3-2-9(13)8-11(10)20(18,19)15-12;5-1(3(7)8)2(6)4(9)10/h2-3,8H,4-7H2,1H3,(H,14,15);1-2,5-6H,(H,7,8)(H,9,10). The van der Waals surface area contributed by atoms with Crippen LogP contribution in [0.3, 0.4) is 0 Å². The van der Waals surface area contributed by atoms with Gasteiger partial charge in [0, 0.05) is 31.2 Å². The Labute approximate surface area is 177 Å². The maximum atomic E-state index is 12.3. The molecule has 3 rings (SSSR count). The predicted octanol–water partition coefficient (Wildman–Crippen LogP) is -1.26. The number of aliphatic hydroxyl groups is 2. The fourth-order valence-electron chi connectivity index (χ4n) is 2.53. The maximum absolute atomic E-state index is 12.3. The van der Waals surface area contributed by atoms with Gasteiger partial charge in [-0.3, -0.25) is 0 Å². The van der Waals surface area contributed by atoms with Crippen molar-refractivity contribution in [3.8, 4) is 0 Å². The summed E-state index contributed by atoms with van der Waals surface area (Å²) < 4.78 is 27.0. The number of piperazine rings is 1. The lowest BCUT2D eigenvalue weighted by Gasteiger charge is -2.35. The van der Waals surface area contributed by atoms with Crippen molar-refractivity contribution >= 4 is 45.2 Å². The molecular formula is C16H21ClN4O8S. The van der Waals surface area contributed by atoms with Crippen molar-refractivity contribution in [3.05, 3.63) is 23.2 Å².